The van der Waals surface area contributed by atoms with Crippen LogP contribution >= 0.6 is 11.8 Å². The molecule has 0 saturated heterocycles. The van der Waals surface area contributed by atoms with E-state index in [-0.39, 0.29) is 24.2 Å². The second kappa shape index (κ2) is 10.5. The Balaban J connectivity index is 1.42. The van der Waals surface area contributed by atoms with Gasteiger partial charge in [-0.1, -0.05) is 31.4 Å². The number of benzene rings is 1. The van der Waals surface area contributed by atoms with Gasteiger partial charge in [-0.15, -0.1) is 11.8 Å². The van der Waals surface area contributed by atoms with Crippen LogP contribution in [0.5, 0.6) is 0 Å². The predicted octanol–water partition coefficient (Wildman–Crippen LogP) is 2.91. The number of carbonyl (C=O) groups excluding carboxylic acids is 3. The number of thioether (sulfide) groups is 1. The normalized spacial score (nSPS) is 17.0. The van der Waals surface area contributed by atoms with Gasteiger partial charge < -0.3 is 15.4 Å². The number of rotatable bonds is 9. The maximum Gasteiger partial charge on any atom is 0.339 e. The average molecular weight is 405 g/mol. The lowest BCUT2D eigenvalue weighted by Gasteiger charge is -2.21. The second-order valence-corrected chi connectivity index (χ2v) is 8.53. The van der Waals surface area contributed by atoms with Crippen LogP contribution in [0.2, 0.25) is 0 Å². The summed E-state index contributed by atoms with van der Waals surface area (Å²) in [4.78, 5) is 36.9. The van der Waals surface area contributed by atoms with Gasteiger partial charge in [0.25, 0.3) is 5.91 Å². The highest BCUT2D eigenvalue weighted by Gasteiger charge is 2.23. The Kier molecular flexibility index (Phi) is 7.77. The third-order valence-corrected chi connectivity index (χ3v) is 6.13. The van der Waals surface area contributed by atoms with E-state index in [1.165, 1.54) is 31.0 Å². The zero-order valence-electron chi connectivity index (χ0n) is 16.1. The van der Waals surface area contributed by atoms with Crippen molar-refractivity contribution in [3.05, 3.63) is 29.8 Å². The van der Waals surface area contributed by atoms with Crippen molar-refractivity contribution < 1.29 is 19.1 Å². The van der Waals surface area contributed by atoms with Crippen molar-refractivity contribution in [2.24, 2.45) is 5.92 Å². The van der Waals surface area contributed by atoms with Crippen LogP contribution in [0, 0.1) is 5.92 Å². The molecular weight excluding hydrogens is 376 g/mol. The molecule has 0 aromatic heterocycles. The lowest BCUT2D eigenvalue weighted by Crippen LogP contribution is -2.33. The first-order valence-corrected chi connectivity index (χ1v) is 11.1. The quantitative estimate of drug-likeness (QED) is 0.488. The van der Waals surface area contributed by atoms with E-state index in [1.54, 1.807) is 18.2 Å². The lowest BCUT2D eigenvalue weighted by atomic mass is 9.89. The van der Waals surface area contributed by atoms with Gasteiger partial charge in [0.15, 0.2) is 6.61 Å². The van der Waals surface area contributed by atoms with Crippen LogP contribution in [0.15, 0.2) is 29.2 Å². The highest BCUT2D eigenvalue weighted by molar-refractivity contribution is 8.00. The summed E-state index contributed by atoms with van der Waals surface area (Å²) in [5.41, 5.74) is 0.381. The molecule has 0 unspecified atom stereocenters. The van der Waals surface area contributed by atoms with Crippen LogP contribution in [0.1, 0.15) is 55.3 Å². The van der Waals surface area contributed by atoms with E-state index >= 15 is 0 Å². The molecule has 7 heteroatoms. The largest absolute Gasteiger partial charge is 0.452 e. The molecule has 6 nitrogen and oxygen atoms in total. The smallest absolute Gasteiger partial charge is 0.339 e. The molecule has 2 fully saturated rings. The van der Waals surface area contributed by atoms with Crippen molar-refractivity contribution >= 4 is 29.5 Å². The van der Waals surface area contributed by atoms with Gasteiger partial charge in [0.2, 0.25) is 5.91 Å². The van der Waals surface area contributed by atoms with E-state index in [2.05, 4.69) is 10.6 Å². The van der Waals surface area contributed by atoms with E-state index in [9.17, 15) is 14.4 Å². The third kappa shape index (κ3) is 6.86. The number of hydrogen-bond donors (Lipinski definition) is 2. The summed E-state index contributed by atoms with van der Waals surface area (Å²) in [6, 6.07) is 7.32. The summed E-state index contributed by atoms with van der Waals surface area (Å²) < 4.78 is 5.19. The molecule has 2 saturated carbocycles. The van der Waals surface area contributed by atoms with Crippen molar-refractivity contribution in [1.82, 2.24) is 10.6 Å². The fraction of sp³-hybridized carbons (Fsp3) is 0.571. The average Bonchev–Trinajstić information content (AvgIpc) is 3.54. The number of esters is 1. The minimum atomic E-state index is -0.543. The summed E-state index contributed by atoms with van der Waals surface area (Å²) in [5.74, 6) is -0.0562. The van der Waals surface area contributed by atoms with Crippen molar-refractivity contribution in [1.29, 1.82) is 0 Å². The third-order valence-electron chi connectivity index (χ3n) is 5.06. The molecule has 0 bridgehead atoms. The van der Waals surface area contributed by atoms with Gasteiger partial charge in [0.05, 0.1) is 11.3 Å². The Morgan fingerprint density at radius 2 is 1.75 bits per heavy atom. The predicted molar refractivity (Wildman–Crippen MR) is 108 cm³/mol. The van der Waals surface area contributed by atoms with Gasteiger partial charge in [0.1, 0.15) is 0 Å². The van der Waals surface area contributed by atoms with Crippen LogP contribution < -0.4 is 10.6 Å². The van der Waals surface area contributed by atoms with Gasteiger partial charge in [0, 0.05) is 17.5 Å². The van der Waals surface area contributed by atoms with Crippen molar-refractivity contribution in [3.8, 4) is 0 Å². The molecule has 2 amide bonds. The summed E-state index contributed by atoms with van der Waals surface area (Å²) in [6.07, 6.45) is 8.12. The van der Waals surface area contributed by atoms with Gasteiger partial charge >= 0.3 is 5.97 Å². The number of amides is 2. The van der Waals surface area contributed by atoms with Crippen LogP contribution in [-0.4, -0.2) is 42.7 Å². The summed E-state index contributed by atoms with van der Waals surface area (Å²) in [6.45, 7) is 0.367. The molecule has 1 aromatic rings. The van der Waals surface area contributed by atoms with Crippen LogP contribution in [0.25, 0.3) is 0 Å². The molecule has 3 rings (SSSR count). The van der Waals surface area contributed by atoms with E-state index < -0.39 is 5.97 Å². The van der Waals surface area contributed by atoms with E-state index in [0.717, 1.165) is 25.7 Å². The Labute approximate surface area is 170 Å². The molecule has 152 valence electrons. The fourth-order valence-corrected chi connectivity index (χ4v) is 4.16. The van der Waals surface area contributed by atoms with E-state index in [1.807, 2.05) is 6.07 Å². The topological polar surface area (TPSA) is 84.5 Å². The second-order valence-electron chi connectivity index (χ2n) is 7.51. The van der Waals surface area contributed by atoms with Crippen molar-refractivity contribution in [2.45, 2.75) is 55.9 Å². The van der Waals surface area contributed by atoms with Crippen LogP contribution in [0.3, 0.4) is 0 Å². The van der Waals surface area contributed by atoms with E-state index in [4.69, 9.17) is 4.74 Å². The molecule has 0 aliphatic heterocycles. The summed E-state index contributed by atoms with van der Waals surface area (Å²) in [7, 11) is 0. The number of nitrogens with one attached hydrogen (secondary N) is 2. The Morgan fingerprint density at radius 1 is 1.00 bits per heavy atom. The number of ether oxygens (including phenoxy) is 1. The van der Waals surface area contributed by atoms with Crippen LogP contribution in [0.4, 0.5) is 0 Å². The lowest BCUT2D eigenvalue weighted by molar-refractivity contribution is -0.124. The van der Waals surface area contributed by atoms with Gasteiger partial charge in [-0.2, -0.15) is 0 Å². The maximum atomic E-state index is 12.4. The Hall–Kier alpha value is -2.02. The minimum Gasteiger partial charge on any atom is -0.452 e. The highest BCUT2D eigenvalue weighted by atomic mass is 32.2. The molecule has 0 radical (unpaired) electrons. The molecule has 2 aliphatic carbocycles. The molecule has 0 atom stereocenters. The van der Waals surface area contributed by atoms with Crippen LogP contribution in [-0.2, 0) is 14.3 Å². The highest BCUT2D eigenvalue weighted by Crippen LogP contribution is 2.25. The van der Waals surface area contributed by atoms with Gasteiger partial charge in [-0.05, 0) is 43.7 Å². The number of hydrogen-bond acceptors (Lipinski definition) is 5. The standard InChI is InChI=1S/C21H28N2O4S/c24-19(22-12-15-6-2-1-3-7-15)13-27-21(26)17-8-4-5-9-18(17)28-14-20(25)23-16-10-11-16/h4-5,8-9,15-16H,1-3,6-7,10-14H2,(H,22,24)(H,23,25). The Bertz CT molecular complexity index is 699. The number of carbonyl (C=O) groups is 3. The first-order valence-electron chi connectivity index (χ1n) is 10.1. The summed E-state index contributed by atoms with van der Waals surface area (Å²) >= 11 is 1.30. The molecule has 1 aromatic carbocycles. The zero-order valence-corrected chi connectivity index (χ0v) is 16.9. The SMILES string of the molecule is O=C(COC(=O)c1ccccc1SCC(=O)NC1CC1)NCC1CCCCC1. The molecule has 0 spiro atoms. The van der Waals surface area contributed by atoms with Crippen molar-refractivity contribution in [3.63, 3.8) is 0 Å². The van der Waals surface area contributed by atoms with E-state index in [0.29, 0.717) is 29.0 Å². The van der Waals surface area contributed by atoms with Gasteiger partial charge in [-0.3, -0.25) is 9.59 Å². The molecule has 28 heavy (non-hydrogen) atoms. The maximum absolute atomic E-state index is 12.4. The summed E-state index contributed by atoms with van der Waals surface area (Å²) in [5, 5.41) is 5.79. The fourth-order valence-electron chi connectivity index (χ4n) is 3.31. The minimum absolute atomic E-state index is 0.0299. The monoisotopic (exact) mass is 404 g/mol. The molecular formula is C21H28N2O4S. The molecule has 0 heterocycles. The van der Waals surface area contributed by atoms with Crippen molar-refractivity contribution in [2.75, 3.05) is 18.9 Å². The van der Waals surface area contributed by atoms with Gasteiger partial charge in [-0.25, -0.2) is 4.79 Å². The zero-order chi connectivity index (χ0) is 19.8. The first kappa shape index (κ1) is 20.7. The molecule has 2 N–H and O–H groups in total. The Morgan fingerprint density at radius 3 is 2.50 bits per heavy atom. The first-order chi connectivity index (χ1) is 13.6. The molecule has 2 aliphatic rings.